The van der Waals surface area contributed by atoms with Crippen LogP contribution in [0.2, 0.25) is 0 Å². The van der Waals surface area contributed by atoms with E-state index in [0.29, 0.717) is 30.9 Å². The van der Waals surface area contributed by atoms with Crippen LogP contribution < -0.4 is 10.1 Å². The van der Waals surface area contributed by atoms with Gasteiger partial charge in [0, 0.05) is 32.5 Å². The molecule has 1 fully saturated rings. The molecule has 4 rings (SSSR count). The van der Waals surface area contributed by atoms with E-state index in [4.69, 9.17) is 9.47 Å². The predicted octanol–water partition coefficient (Wildman–Crippen LogP) is 2.53. The van der Waals surface area contributed by atoms with Gasteiger partial charge in [-0.2, -0.15) is 0 Å². The molecule has 0 saturated carbocycles. The van der Waals surface area contributed by atoms with Crippen molar-refractivity contribution in [3.05, 3.63) is 41.5 Å². The van der Waals surface area contributed by atoms with Crippen LogP contribution in [-0.2, 0) is 24.1 Å². The zero-order valence-electron chi connectivity index (χ0n) is 16.2. The molecule has 28 heavy (non-hydrogen) atoms. The molecule has 0 spiro atoms. The van der Waals surface area contributed by atoms with Crippen LogP contribution in [0.25, 0.3) is 0 Å². The lowest BCUT2D eigenvalue weighted by atomic mass is 10.2. The number of nitrogens with zero attached hydrogens (tertiary/aromatic N) is 3. The lowest BCUT2D eigenvalue weighted by molar-refractivity contribution is 0.0670. The molecule has 150 valence electrons. The zero-order chi connectivity index (χ0) is 19.2. The summed E-state index contributed by atoms with van der Waals surface area (Å²) in [4.78, 5) is 12.7. The van der Waals surface area contributed by atoms with E-state index in [1.165, 1.54) is 19.3 Å². The highest BCUT2D eigenvalue weighted by Gasteiger charge is 2.19. The number of hydrogen-bond acceptors (Lipinski definition) is 5. The fourth-order valence-corrected chi connectivity index (χ4v) is 3.85. The Bertz CT molecular complexity index is 799. The van der Waals surface area contributed by atoms with Gasteiger partial charge in [0.15, 0.2) is 0 Å². The number of carbonyl (C=O) groups is 1. The molecule has 1 saturated heterocycles. The van der Waals surface area contributed by atoms with E-state index >= 15 is 0 Å². The summed E-state index contributed by atoms with van der Waals surface area (Å²) in [5.41, 5.74) is 0.556. The van der Waals surface area contributed by atoms with Gasteiger partial charge >= 0.3 is 0 Å². The zero-order valence-corrected chi connectivity index (χ0v) is 16.2. The summed E-state index contributed by atoms with van der Waals surface area (Å²) in [7, 11) is 0. The number of benzene rings is 1. The third-order valence-corrected chi connectivity index (χ3v) is 5.40. The Labute approximate surface area is 165 Å². The second kappa shape index (κ2) is 9.19. The molecule has 1 aromatic carbocycles. The fraction of sp³-hybridized carbons (Fsp3) is 0.571. The van der Waals surface area contributed by atoms with Crippen molar-refractivity contribution < 1.29 is 14.3 Å². The van der Waals surface area contributed by atoms with Crippen molar-refractivity contribution in [1.82, 2.24) is 20.1 Å². The van der Waals surface area contributed by atoms with E-state index < -0.39 is 0 Å². The molecule has 1 unspecified atom stereocenters. The molecular weight excluding hydrogens is 356 g/mol. The number of rotatable bonds is 7. The molecular formula is C21H28N4O3. The van der Waals surface area contributed by atoms with Gasteiger partial charge in [-0.1, -0.05) is 18.6 Å². The van der Waals surface area contributed by atoms with E-state index in [1.54, 1.807) is 6.07 Å². The first kappa shape index (κ1) is 18.9. The summed E-state index contributed by atoms with van der Waals surface area (Å²) in [5.74, 6) is 2.51. The van der Waals surface area contributed by atoms with Crippen molar-refractivity contribution in [2.75, 3.05) is 19.8 Å². The first-order valence-corrected chi connectivity index (χ1v) is 10.3. The standard InChI is InChI=1S/C21H28N4O3/c26-21(17-8-3-4-9-18(17)28-15-16-7-6-14-27-16)22-12-11-20-24-23-19-10-2-1-5-13-25(19)20/h3-4,8-9,16H,1-2,5-7,10-15H2,(H,22,26). The van der Waals surface area contributed by atoms with Crippen LogP contribution in [0.5, 0.6) is 5.75 Å². The number of nitrogens with one attached hydrogen (secondary N) is 1. The van der Waals surface area contributed by atoms with E-state index in [9.17, 15) is 4.79 Å². The summed E-state index contributed by atoms with van der Waals surface area (Å²) in [5, 5.41) is 11.6. The lowest BCUT2D eigenvalue weighted by Crippen LogP contribution is -2.27. The summed E-state index contributed by atoms with van der Waals surface area (Å²) in [6.45, 7) is 2.78. The number of fused-ring (bicyclic) bond motifs is 1. The van der Waals surface area contributed by atoms with Gasteiger partial charge < -0.3 is 19.4 Å². The summed E-state index contributed by atoms with van der Waals surface area (Å²) >= 11 is 0. The number of hydrogen-bond donors (Lipinski definition) is 1. The lowest BCUT2D eigenvalue weighted by Gasteiger charge is -2.14. The summed E-state index contributed by atoms with van der Waals surface area (Å²) < 4.78 is 13.7. The minimum atomic E-state index is -0.126. The second-order valence-electron chi connectivity index (χ2n) is 7.44. The molecule has 3 heterocycles. The Morgan fingerprint density at radius 3 is 3.04 bits per heavy atom. The van der Waals surface area contributed by atoms with Gasteiger partial charge in [-0.3, -0.25) is 4.79 Å². The first-order valence-electron chi connectivity index (χ1n) is 10.3. The van der Waals surface area contributed by atoms with Crippen molar-refractivity contribution in [2.24, 2.45) is 0 Å². The Morgan fingerprint density at radius 2 is 2.14 bits per heavy atom. The van der Waals surface area contributed by atoms with Crippen LogP contribution >= 0.6 is 0 Å². The maximum absolute atomic E-state index is 12.7. The Hall–Kier alpha value is -2.41. The minimum Gasteiger partial charge on any atom is -0.490 e. The second-order valence-corrected chi connectivity index (χ2v) is 7.44. The molecule has 7 nitrogen and oxygen atoms in total. The van der Waals surface area contributed by atoms with Crippen LogP contribution in [-0.4, -0.2) is 46.5 Å². The van der Waals surface area contributed by atoms with Gasteiger partial charge in [-0.05, 0) is 37.8 Å². The number of para-hydroxylation sites is 1. The number of carbonyl (C=O) groups excluding carboxylic acids is 1. The fourth-order valence-electron chi connectivity index (χ4n) is 3.85. The predicted molar refractivity (Wildman–Crippen MR) is 105 cm³/mol. The normalized spacial score (nSPS) is 19.1. The van der Waals surface area contributed by atoms with Crippen molar-refractivity contribution in [3.63, 3.8) is 0 Å². The first-order chi connectivity index (χ1) is 13.8. The van der Waals surface area contributed by atoms with E-state index in [1.807, 2.05) is 18.2 Å². The van der Waals surface area contributed by atoms with Gasteiger partial charge in [0.1, 0.15) is 24.0 Å². The maximum atomic E-state index is 12.7. The molecule has 7 heteroatoms. The number of amides is 1. The van der Waals surface area contributed by atoms with Gasteiger partial charge in [-0.25, -0.2) is 0 Å². The van der Waals surface area contributed by atoms with Gasteiger partial charge in [-0.15, -0.1) is 10.2 Å². The highest BCUT2D eigenvalue weighted by atomic mass is 16.5. The van der Waals surface area contributed by atoms with Crippen LogP contribution in [0, 0.1) is 0 Å². The smallest absolute Gasteiger partial charge is 0.255 e. The third-order valence-electron chi connectivity index (χ3n) is 5.40. The molecule has 0 aliphatic carbocycles. The molecule has 1 atom stereocenters. The molecule has 2 aliphatic rings. The highest BCUT2D eigenvalue weighted by Crippen LogP contribution is 2.20. The number of aryl methyl sites for hydroxylation is 1. The van der Waals surface area contributed by atoms with Crippen LogP contribution in [0.4, 0.5) is 0 Å². The topological polar surface area (TPSA) is 78.3 Å². The molecule has 2 aromatic rings. The number of aromatic nitrogens is 3. The van der Waals surface area contributed by atoms with Gasteiger partial charge in [0.25, 0.3) is 5.91 Å². The van der Waals surface area contributed by atoms with E-state index in [0.717, 1.165) is 44.1 Å². The quantitative estimate of drug-likeness (QED) is 0.794. The van der Waals surface area contributed by atoms with Gasteiger partial charge in [0.2, 0.25) is 0 Å². The third kappa shape index (κ3) is 4.52. The van der Waals surface area contributed by atoms with Crippen LogP contribution in [0.3, 0.4) is 0 Å². The molecule has 0 bridgehead atoms. The molecule has 1 aromatic heterocycles. The highest BCUT2D eigenvalue weighted by molar-refractivity contribution is 5.96. The minimum absolute atomic E-state index is 0.124. The summed E-state index contributed by atoms with van der Waals surface area (Å²) in [6, 6.07) is 7.37. The van der Waals surface area contributed by atoms with Crippen molar-refractivity contribution in [2.45, 2.75) is 57.6 Å². The van der Waals surface area contributed by atoms with E-state index in [-0.39, 0.29) is 12.0 Å². The van der Waals surface area contributed by atoms with Crippen molar-refractivity contribution in [1.29, 1.82) is 0 Å². The summed E-state index contributed by atoms with van der Waals surface area (Å²) in [6.07, 6.45) is 7.46. The molecule has 0 radical (unpaired) electrons. The maximum Gasteiger partial charge on any atom is 0.255 e. The molecule has 1 N–H and O–H groups in total. The van der Waals surface area contributed by atoms with Crippen molar-refractivity contribution >= 4 is 5.91 Å². The van der Waals surface area contributed by atoms with Gasteiger partial charge in [0.05, 0.1) is 11.7 Å². The Morgan fingerprint density at radius 1 is 1.21 bits per heavy atom. The SMILES string of the molecule is O=C(NCCc1nnc2n1CCCCC2)c1ccccc1OCC1CCCO1. The van der Waals surface area contributed by atoms with Crippen LogP contribution in [0.1, 0.15) is 54.1 Å². The van der Waals surface area contributed by atoms with E-state index in [2.05, 4.69) is 20.1 Å². The average Bonchev–Trinajstić information content (AvgIpc) is 3.31. The number of ether oxygens (including phenoxy) is 2. The van der Waals surface area contributed by atoms with Crippen molar-refractivity contribution in [3.8, 4) is 5.75 Å². The molecule has 2 aliphatic heterocycles. The Kier molecular flexibility index (Phi) is 6.21. The molecule has 1 amide bonds. The Balaban J connectivity index is 1.32. The average molecular weight is 384 g/mol. The largest absolute Gasteiger partial charge is 0.490 e. The monoisotopic (exact) mass is 384 g/mol. The van der Waals surface area contributed by atoms with Crippen LogP contribution in [0.15, 0.2) is 24.3 Å².